The van der Waals surface area contributed by atoms with E-state index in [0.29, 0.717) is 41.9 Å². The van der Waals surface area contributed by atoms with Gasteiger partial charge in [0.25, 0.3) is 70.9 Å². The molecule has 30 nitrogen and oxygen atoms in total. The third-order valence-electron chi connectivity index (χ3n) is 9.54. The lowest BCUT2D eigenvalue weighted by Gasteiger charge is -2.19. The first-order valence-corrected chi connectivity index (χ1v) is 26.4. The van der Waals surface area contributed by atoms with Crippen molar-refractivity contribution in [1.29, 1.82) is 0 Å². The van der Waals surface area contributed by atoms with Crippen molar-refractivity contribution in [2.24, 2.45) is 0 Å². The fraction of sp³-hybridized carbons (Fsp3) is 0.550. The summed E-state index contributed by atoms with van der Waals surface area (Å²) in [5.74, 6) is -11.7. The van der Waals surface area contributed by atoms with Gasteiger partial charge in [0.15, 0.2) is 0 Å². The van der Waals surface area contributed by atoms with E-state index in [2.05, 4.69) is 9.68 Å². The average molecular weight is 1120 g/mol. The summed E-state index contributed by atoms with van der Waals surface area (Å²) >= 11 is 1.63. The third kappa shape index (κ3) is 17.9. The Bertz CT molecular complexity index is 2130. The van der Waals surface area contributed by atoms with Gasteiger partial charge in [0.05, 0.1) is 24.3 Å². The first kappa shape index (κ1) is 59.6. The highest BCUT2D eigenvalue weighted by Crippen LogP contribution is 2.25. The second kappa shape index (κ2) is 28.5. The molecule has 0 aliphatic carbocycles. The van der Waals surface area contributed by atoms with Gasteiger partial charge in [-0.05, 0) is 13.8 Å². The molecular weight excluding hydrogens is 1080 g/mol. The lowest BCUT2D eigenvalue weighted by Crippen LogP contribution is -2.37. The highest BCUT2D eigenvalue weighted by atomic mass is 33.1. The summed E-state index contributed by atoms with van der Waals surface area (Å²) in [4.78, 5) is 234. The summed E-state index contributed by atoms with van der Waals surface area (Å²) in [6, 6.07) is 0. The summed E-state index contributed by atoms with van der Waals surface area (Å²) in [5.41, 5.74) is 0. The van der Waals surface area contributed by atoms with Crippen molar-refractivity contribution in [2.45, 2.75) is 114 Å². The normalized spacial score (nSPS) is 18.4. The SMILES string of the molecule is CC(SC(C)C(=O)ON1C(=O)CCC1=O)C(=O)ON1C(=O)CCC1=O.O=C(CCSSCCC(=O)ON1C(=O)CCC1=O)ON1C(=O)CCC1=O.O=C(CSCC(=O)ON1C(=O)CCC1=O)ON1C(=O)CCC1=O. The summed E-state index contributed by atoms with van der Waals surface area (Å²) in [6.07, 6.45) is 0.0442. The first-order chi connectivity index (χ1) is 35.0. The summed E-state index contributed by atoms with van der Waals surface area (Å²) in [6.45, 7) is 2.85. The van der Waals surface area contributed by atoms with Crippen molar-refractivity contribution in [3.8, 4) is 0 Å². The van der Waals surface area contributed by atoms with Crippen molar-refractivity contribution in [1.82, 2.24) is 30.4 Å². The number of hydrogen-bond acceptors (Lipinski definition) is 28. The Morgan fingerprint density at radius 3 is 0.784 bits per heavy atom. The molecule has 0 radical (unpaired) electrons. The number of carbonyl (C=O) groups is 18. The van der Waals surface area contributed by atoms with E-state index in [1.807, 2.05) is 0 Å². The molecule has 0 aromatic heterocycles. The van der Waals surface area contributed by atoms with Gasteiger partial charge in [-0.2, -0.15) is 0 Å². The second-order valence-corrected chi connectivity index (χ2v) is 20.6. The van der Waals surface area contributed by atoms with E-state index in [1.54, 1.807) is 0 Å². The molecular formula is C40H44N6O24S4. The van der Waals surface area contributed by atoms with Crippen LogP contribution in [0, 0.1) is 0 Å². The van der Waals surface area contributed by atoms with Crippen LogP contribution in [-0.4, -0.2) is 171 Å². The molecule has 6 aliphatic rings. The molecule has 402 valence electrons. The fourth-order valence-corrected chi connectivity index (χ4v) is 9.23. The van der Waals surface area contributed by atoms with Crippen LogP contribution < -0.4 is 0 Å². The topological polar surface area (TPSA) is 382 Å². The molecule has 12 amide bonds. The van der Waals surface area contributed by atoms with Gasteiger partial charge in [0, 0.05) is 88.6 Å². The predicted molar refractivity (Wildman–Crippen MR) is 241 cm³/mol. The van der Waals surface area contributed by atoms with Gasteiger partial charge in [-0.1, -0.05) is 21.6 Å². The van der Waals surface area contributed by atoms with E-state index in [9.17, 15) is 86.3 Å². The van der Waals surface area contributed by atoms with Crippen LogP contribution in [0.25, 0.3) is 0 Å². The number of imide groups is 6. The van der Waals surface area contributed by atoms with Crippen LogP contribution in [0.3, 0.4) is 0 Å². The number of amides is 12. The number of nitrogens with zero attached hydrogens (tertiary/aromatic N) is 6. The average Bonchev–Trinajstić information content (AvgIpc) is 4.19. The first-order valence-electron chi connectivity index (χ1n) is 21.9. The van der Waals surface area contributed by atoms with Gasteiger partial charge in [0.2, 0.25) is 0 Å². The maximum atomic E-state index is 11.9. The number of thioether (sulfide) groups is 2. The zero-order chi connectivity index (χ0) is 54.8. The molecule has 2 unspecified atom stereocenters. The van der Waals surface area contributed by atoms with Crippen molar-refractivity contribution >= 4 is 152 Å². The van der Waals surface area contributed by atoms with Crippen molar-refractivity contribution in [3.63, 3.8) is 0 Å². The molecule has 0 bridgehead atoms. The predicted octanol–water partition coefficient (Wildman–Crippen LogP) is -0.993. The molecule has 6 rings (SSSR count). The Balaban J connectivity index is 0.000000241. The minimum Gasteiger partial charge on any atom is -0.330 e. The molecule has 74 heavy (non-hydrogen) atoms. The molecule has 34 heteroatoms. The standard InChI is InChI=1S/C14H16N2O8S2.C14H16N2O8S.C12H12N2O8S/c17-9-1-2-10(18)15(9)23-13(21)5-7-25-26-8-6-14(22)24-16-11(19)3-4-12(16)20;1-7(13(21)23-15-9(17)3-4-10(15)18)25-8(2)14(22)24-16-11(19)5-6-12(16)20;15-7-1-2-8(16)13(7)21-11(19)5-23-6-12(20)22-14-9(17)3-4-10(14)18/h1-8H2;7-8H,3-6H2,1-2H3;1-6H2. The second-order valence-electron chi connectivity index (χ2n) is 15.2. The molecule has 6 heterocycles. The molecule has 2 atom stereocenters. The van der Waals surface area contributed by atoms with Gasteiger partial charge in [-0.15, -0.1) is 53.9 Å². The summed E-state index contributed by atoms with van der Waals surface area (Å²) in [7, 11) is 2.60. The van der Waals surface area contributed by atoms with Crippen LogP contribution in [0.5, 0.6) is 0 Å². The molecule has 6 aliphatic heterocycles. The van der Waals surface area contributed by atoms with E-state index >= 15 is 0 Å². The quantitative estimate of drug-likeness (QED) is 0.0756. The molecule has 0 aromatic carbocycles. The maximum Gasteiger partial charge on any atom is 0.345 e. The minimum atomic E-state index is -0.895. The highest BCUT2D eigenvalue weighted by molar-refractivity contribution is 8.76. The maximum absolute atomic E-state index is 11.9. The van der Waals surface area contributed by atoms with Crippen LogP contribution in [0.2, 0.25) is 0 Å². The Kier molecular flexibility index (Phi) is 23.0. The Morgan fingerprint density at radius 2 is 0.554 bits per heavy atom. The Hall–Kier alpha value is -6.94. The van der Waals surface area contributed by atoms with Crippen LogP contribution in [-0.2, 0) is 115 Å². The zero-order valence-corrected chi connectivity index (χ0v) is 42.3. The summed E-state index contributed by atoms with van der Waals surface area (Å²) in [5, 5.41) is 0.857. The van der Waals surface area contributed by atoms with E-state index in [-0.39, 0.29) is 101 Å². The van der Waals surface area contributed by atoms with Crippen LogP contribution in [0.4, 0.5) is 0 Å². The van der Waals surface area contributed by atoms with Gasteiger partial charge in [-0.25, -0.2) is 28.8 Å². The Morgan fingerprint density at radius 1 is 0.351 bits per heavy atom. The van der Waals surface area contributed by atoms with E-state index in [1.165, 1.54) is 35.4 Å². The third-order valence-corrected chi connectivity index (χ3v) is 14.0. The van der Waals surface area contributed by atoms with Gasteiger partial charge >= 0.3 is 35.8 Å². The molecule has 0 aromatic rings. The molecule has 0 spiro atoms. The number of hydroxylamine groups is 12. The van der Waals surface area contributed by atoms with Gasteiger partial charge < -0.3 is 29.0 Å². The van der Waals surface area contributed by atoms with E-state index in [4.69, 9.17) is 19.4 Å². The largest absolute Gasteiger partial charge is 0.345 e. The fourth-order valence-electron chi connectivity index (χ4n) is 5.83. The smallest absolute Gasteiger partial charge is 0.330 e. The number of hydrogen-bond donors (Lipinski definition) is 0. The summed E-state index contributed by atoms with van der Waals surface area (Å²) < 4.78 is 0. The van der Waals surface area contributed by atoms with Crippen LogP contribution in [0.1, 0.15) is 104 Å². The lowest BCUT2D eigenvalue weighted by atomic mass is 10.4. The monoisotopic (exact) mass is 1120 g/mol. The molecule has 6 saturated heterocycles. The van der Waals surface area contributed by atoms with Crippen LogP contribution >= 0.6 is 45.1 Å². The van der Waals surface area contributed by atoms with E-state index < -0.39 is 117 Å². The van der Waals surface area contributed by atoms with Crippen molar-refractivity contribution in [3.05, 3.63) is 0 Å². The van der Waals surface area contributed by atoms with E-state index in [0.717, 1.165) is 23.5 Å². The Labute approximate surface area is 433 Å². The molecule has 6 fully saturated rings. The zero-order valence-electron chi connectivity index (χ0n) is 39.0. The van der Waals surface area contributed by atoms with Gasteiger partial charge in [0.1, 0.15) is 10.5 Å². The van der Waals surface area contributed by atoms with Crippen molar-refractivity contribution < 1.29 is 115 Å². The lowest BCUT2D eigenvalue weighted by molar-refractivity contribution is -0.197. The van der Waals surface area contributed by atoms with Crippen LogP contribution in [0.15, 0.2) is 0 Å². The number of carbonyl (C=O) groups excluding carboxylic acids is 18. The molecule has 0 N–H and O–H groups in total. The minimum absolute atomic E-state index is 0.00401. The molecule has 0 saturated carbocycles. The highest BCUT2D eigenvalue weighted by Gasteiger charge is 2.39. The van der Waals surface area contributed by atoms with Crippen molar-refractivity contribution in [2.75, 3.05) is 23.0 Å². The number of rotatable bonds is 21. The van der Waals surface area contributed by atoms with Gasteiger partial charge in [-0.3, -0.25) is 57.5 Å².